The molecule has 5 rings (SSSR count). The lowest BCUT2D eigenvalue weighted by atomic mass is 9.82. The number of nitrogens with one attached hydrogen (secondary N) is 2. The molecule has 3 N–H and O–H groups in total. The summed E-state index contributed by atoms with van der Waals surface area (Å²) in [4.78, 5) is 25.8. The van der Waals surface area contributed by atoms with Gasteiger partial charge < -0.3 is 15.7 Å². The summed E-state index contributed by atoms with van der Waals surface area (Å²) in [5, 5.41) is 21.5. The minimum Gasteiger partial charge on any atom is -0.507 e. The second-order valence-corrected chi connectivity index (χ2v) is 10.2. The minimum absolute atomic E-state index is 0.0853. The topological polar surface area (TPSA) is 96.3 Å². The SMILES string of the molecule is Cc1ccc(CNC(=O)n2nc(-c3ccc(NC(=O)c4c(Cl)cccc4Cl)cc3O)cc2C2CCC2)cc1. The zero-order valence-electron chi connectivity index (χ0n) is 20.7. The molecule has 0 unspecified atom stereocenters. The predicted molar refractivity (Wildman–Crippen MR) is 149 cm³/mol. The van der Waals surface area contributed by atoms with Crippen molar-refractivity contribution in [2.75, 3.05) is 5.32 Å². The first kappa shape index (κ1) is 25.8. The molecule has 0 aliphatic heterocycles. The Bertz CT molecular complexity index is 1490. The fourth-order valence-electron chi connectivity index (χ4n) is 4.38. The number of amides is 2. The molecular formula is C29H26Cl2N4O3. The monoisotopic (exact) mass is 548 g/mol. The molecule has 0 atom stereocenters. The Morgan fingerprint density at radius 2 is 1.74 bits per heavy atom. The third-order valence-corrected chi connectivity index (χ3v) is 7.37. The van der Waals surface area contributed by atoms with Crippen LogP contribution in [0.3, 0.4) is 0 Å². The van der Waals surface area contributed by atoms with Crippen LogP contribution in [0.25, 0.3) is 11.3 Å². The number of hydrogen-bond acceptors (Lipinski definition) is 4. The summed E-state index contributed by atoms with van der Waals surface area (Å²) < 4.78 is 1.40. The molecule has 1 aromatic heterocycles. The number of rotatable bonds is 6. The molecule has 38 heavy (non-hydrogen) atoms. The molecule has 2 amide bonds. The van der Waals surface area contributed by atoms with E-state index in [1.807, 2.05) is 37.3 Å². The van der Waals surface area contributed by atoms with Gasteiger partial charge in [0.15, 0.2) is 0 Å². The Balaban J connectivity index is 1.37. The van der Waals surface area contributed by atoms with Crippen LogP contribution in [0, 0.1) is 6.92 Å². The number of aromatic hydroxyl groups is 1. The van der Waals surface area contributed by atoms with Crippen LogP contribution in [0.15, 0.2) is 66.7 Å². The van der Waals surface area contributed by atoms with E-state index in [1.165, 1.54) is 10.7 Å². The molecule has 0 saturated heterocycles. The number of benzene rings is 3. The average molecular weight is 549 g/mol. The van der Waals surface area contributed by atoms with E-state index in [1.54, 1.807) is 30.3 Å². The normalized spacial score (nSPS) is 13.1. The third kappa shape index (κ3) is 5.39. The maximum absolute atomic E-state index is 13.1. The summed E-state index contributed by atoms with van der Waals surface area (Å²) in [5.41, 5.74) is 4.41. The Morgan fingerprint density at radius 3 is 2.37 bits per heavy atom. The molecule has 1 saturated carbocycles. The number of carbonyl (C=O) groups excluding carboxylic acids is 2. The first-order valence-corrected chi connectivity index (χ1v) is 13.1. The number of carbonyl (C=O) groups is 2. The maximum Gasteiger partial charge on any atom is 0.342 e. The molecule has 0 radical (unpaired) electrons. The molecular weight excluding hydrogens is 523 g/mol. The van der Waals surface area contributed by atoms with E-state index in [9.17, 15) is 14.7 Å². The molecule has 4 aromatic rings. The van der Waals surface area contributed by atoms with Gasteiger partial charge in [-0.2, -0.15) is 9.78 Å². The number of nitrogens with zero attached hydrogens (tertiary/aromatic N) is 2. The summed E-state index contributed by atoms with van der Waals surface area (Å²) in [6.45, 7) is 2.40. The second-order valence-electron chi connectivity index (χ2n) is 9.42. The maximum atomic E-state index is 13.1. The summed E-state index contributed by atoms with van der Waals surface area (Å²) >= 11 is 12.3. The van der Waals surface area contributed by atoms with Crippen LogP contribution in [0.1, 0.15) is 52.4 Å². The van der Waals surface area contributed by atoms with Crippen molar-refractivity contribution >= 4 is 40.8 Å². The Morgan fingerprint density at radius 1 is 1.03 bits per heavy atom. The van der Waals surface area contributed by atoms with E-state index >= 15 is 0 Å². The van der Waals surface area contributed by atoms with E-state index in [0.717, 1.165) is 36.1 Å². The van der Waals surface area contributed by atoms with Crippen LogP contribution in [0.2, 0.25) is 10.0 Å². The van der Waals surface area contributed by atoms with E-state index in [4.69, 9.17) is 23.2 Å². The van der Waals surface area contributed by atoms with Crippen molar-refractivity contribution < 1.29 is 14.7 Å². The van der Waals surface area contributed by atoms with E-state index in [0.29, 0.717) is 23.5 Å². The van der Waals surface area contributed by atoms with Crippen LogP contribution in [0.4, 0.5) is 10.5 Å². The first-order chi connectivity index (χ1) is 18.3. The van der Waals surface area contributed by atoms with Crippen LogP contribution in [-0.4, -0.2) is 26.8 Å². The van der Waals surface area contributed by atoms with Gasteiger partial charge in [-0.25, -0.2) is 4.79 Å². The highest BCUT2D eigenvalue weighted by Gasteiger charge is 2.27. The number of hydrogen-bond donors (Lipinski definition) is 3. The number of aromatic nitrogens is 2. The lowest BCUT2D eigenvalue weighted by Gasteiger charge is -2.25. The lowest BCUT2D eigenvalue weighted by Crippen LogP contribution is -2.31. The quantitative estimate of drug-likeness (QED) is 0.238. The highest BCUT2D eigenvalue weighted by Crippen LogP contribution is 2.39. The lowest BCUT2D eigenvalue weighted by molar-refractivity contribution is 0.102. The molecule has 1 aliphatic rings. The number of aryl methyl sites for hydroxylation is 1. The smallest absolute Gasteiger partial charge is 0.342 e. The summed E-state index contributed by atoms with van der Waals surface area (Å²) in [6.07, 6.45) is 3.07. The summed E-state index contributed by atoms with van der Waals surface area (Å²) in [5.74, 6) is -0.338. The van der Waals surface area contributed by atoms with Crippen molar-refractivity contribution in [3.63, 3.8) is 0 Å². The number of halogens is 2. The van der Waals surface area contributed by atoms with Crippen molar-refractivity contribution in [3.8, 4) is 17.0 Å². The minimum atomic E-state index is -0.491. The Kier molecular flexibility index (Phi) is 7.40. The Labute approximate surface area is 230 Å². The van der Waals surface area contributed by atoms with Crippen molar-refractivity contribution in [1.82, 2.24) is 15.1 Å². The fourth-order valence-corrected chi connectivity index (χ4v) is 4.95. The molecule has 3 aromatic carbocycles. The fraction of sp³-hybridized carbons (Fsp3) is 0.207. The molecule has 1 fully saturated rings. The molecule has 9 heteroatoms. The summed E-state index contributed by atoms with van der Waals surface area (Å²) in [7, 11) is 0. The first-order valence-electron chi connectivity index (χ1n) is 12.3. The standard InChI is InChI=1S/C29H26Cl2N4O3/c1-17-8-10-18(11-9-17)16-32-29(38)35-25(19-4-2-5-19)15-24(34-35)21-13-12-20(14-26(21)36)33-28(37)27-22(30)6-3-7-23(27)31/h3,6-15,19,36H,2,4-5,16H2,1H3,(H,32,38)(H,33,37). The van der Waals surface area contributed by atoms with Gasteiger partial charge in [0.1, 0.15) is 5.75 Å². The van der Waals surface area contributed by atoms with Crippen molar-refractivity contribution in [3.05, 3.63) is 99.2 Å². The van der Waals surface area contributed by atoms with Crippen molar-refractivity contribution in [2.24, 2.45) is 0 Å². The Hall–Kier alpha value is -3.81. The zero-order valence-corrected chi connectivity index (χ0v) is 22.2. The molecule has 1 aliphatic carbocycles. The van der Waals surface area contributed by atoms with E-state index < -0.39 is 5.91 Å². The number of anilines is 1. The second kappa shape index (κ2) is 10.9. The van der Waals surface area contributed by atoms with Gasteiger partial charge in [-0.05, 0) is 55.7 Å². The third-order valence-electron chi connectivity index (χ3n) is 6.74. The van der Waals surface area contributed by atoms with Crippen LogP contribution < -0.4 is 10.6 Å². The number of phenols is 1. The molecule has 1 heterocycles. The highest BCUT2D eigenvalue weighted by atomic mass is 35.5. The average Bonchev–Trinajstić information content (AvgIpc) is 3.26. The van der Waals surface area contributed by atoms with Crippen LogP contribution in [-0.2, 0) is 6.54 Å². The highest BCUT2D eigenvalue weighted by molar-refractivity contribution is 6.40. The van der Waals surface area contributed by atoms with Crippen molar-refractivity contribution in [2.45, 2.75) is 38.6 Å². The molecule has 7 nitrogen and oxygen atoms in total. The zero-order chi connectivity index (χ0) is 26.8. The van der Waals surface area contributed by atoms with Gasteiger partial charge in [0.25, 0.3) is 5.91 Å². The van der Waals surface area contributed by atoms with Crippen LogP contribution in [0.5, 0.6) is 5.75 Å². The van der Waals surface area contributed by atoms with Gasteiger partial charge in [-0.15, -0.1) is 0 Å². The van der Waals surface area contributed by atoms with Gasteiger partial charge in [0.2, 0.25) is 0 Å². The van der Waals surface area contributed by atoms with Crippen LogP contribution >= 0.6 is 23.2 Å². The predicted octanol–water partition coefficient (Wildman–Crippen LogP) is 7.15. The molecule has 0 spiro atoms. The molecule has 194 valence electrons. The number of phenolic OH excluding ortho intramolecular Hbond substituents is 1. The van der Waals surface area contributed by atoms with E-state index in [2.05, 4.69) is 15.7 Å². The molecule has 0 bridgehead atoms. The van der Waals surface area contributed by atoms with Crippen molar-refractivity contribution in [1.29, 1.82) is 0 Å². The largest absolute Gasteiger partial charge is 0.507 e. The van der Waals surface area contributed by atoms with Gasteiger partial charge in [-0.3, -0.25) is 4.79 Å². The van der Waals surface area contributed by atoms with E-state index in [-0.39, 0.29) is 33.3 Å². The summed E-state index contributed by atoms with van der Waals surface area (Å²) in [6, 6.07) is 19.0. The van der Waals surface area contributed by atoms with Gasteiger partial charge in [-0.1, -0.05) is 65.5 Å². The van der Waals surface area contributed by atoms with Gasteiger partial charge in [0.05, 0.1) is 27.0 Å². The van der Waals surface area contributed by atoms with Gasteiger partial charge >= 0.3 is 6.03 Å². The van der Waals surface area contributed by atoms with Gasteiger partial charge in [0, 0.05) is 29.8 Å².